The number of hydrogen-bond donors (Lipinski definition) is 1. The molecule has 0 radical (unpaired) electrons. The Hall–Kier alpha value is -2.60. The highest BCUT2D eigenvalue weighted by Gasteiger charge is 2.27. The van der Waals surface area contributed by atoms with E-state index in [9.17, 15) is 26.4 Å². The summed E-state index contributed by atoms with van der Waals surface area (Å²) in [6.45, 7) is 1.84. The van der Waals surface area contributed by atoms with Gasteiger partial charge in [-0.3, -0.25) is 9.59 Å². The monoisotopic (exact) mass is 479 g/mol. The molecule has 0 aromatic heterocycles. The van der Waals surface area contributed by atoms with Crippen molar-refractivity contribution in [2.75, 3.05) is 32.0 Å². The zero-order valence-electron chi connectivity index (χ0n) is 17.8. The summed E-state index contributed by atoms with van der Waals surface area (Å²) in [5.74, 6) is -0.803. The number of carbonyl (C=O) groups is 2. The van der Waals surface area contributed by atoms with E-state index in [1.54, 1.807) is 0 Å². The van der Waals surface area contributed by atoms with Gasteiger partial charge in [-0.25, -0.2) is 16.8 Å². The van der Waals surface area contributed by atoms with Gasteiger partial charge in [0, 0.05) is 31.4 Å². The van der Waals surface area contributed by atoms with E-state index in [2.05, 4.69) is 5.32 Å². The minimum absolute atomic E-state index is 0.0449. The highest BCUT2D eigenvalue weighted by molar-refractivity contribution is 7.89. The number of nitrogens with zero attached hydrogens (tertiary/aromatic N) is 2. The van der Waals surface area contributed by atoms with Gasteiger partial charge < -0.3 is 5.32 Å². The van der Waals surface area contributed by atoms with Crippen LogP contribution in [0.2, 0.25) is 0 Å². The van der Waals surface area contributed by atoms with Crippen molar-refractivity contribution in [3.8, 4) is 0 Å². The lowest BCUT2D eigenvalue weighted by Gasteiger charge is -2.18. The molecule has 1 fully saturated rings. The number of carbonyl (C=O) groups excluding carboxylic acids is 2. The van der Waals surface area contributed by atoms with Crippen LogP contribution in [0.25, 0.3) is 0 Å². The zero-order valence-corrected chi connectivity index (χ0v) is 19.4. The minimum atomic E-state index is -3.95. The smallest absolute Gasteiger partial charge is 0.243 e. The van der Waals surface area contributed by atoms with Gasteiger partial charge in [-0.2, -0.15) is 8.61 Å². The summed E-state index contributed by atoms with van der Waals surface area (Å²) in [6.07, 6.45) is 1.63. The maximum Gasteiger partial charge on any atom is 0.243 e. The van der Waals surface area contributed by atoms with E-state index >= 15 is 0 Å². The first-order valence-corrected chi connectivity index (χ1v) is 12.9. The van der Waals surface area contributed by atoms with Gasteiger partial charge in [0.2, 0.25) is 26.0 Å². The lowest BCUT2D eigenvalue weighted by atomic mass is 10.2. The lowest BCUT2D eigenvalue weighted by molar-refractivity contribution is -0.116. The summed E-state index contributed by atoms with van der Waals surface area (Å²) < 4.78 is 53.1. The fraction of sp³-hybridized carbons (Fsp3) is 0.333. The molecule has 32 heavy (non-hydrogen) atoms. The number of ketones is 1. The van der Waals surface area contributed by atoms with Gasteiger partial charge in [-0.15, -0.1) is 0 Å². The highest BCUT2D eigenvalue weighted by atomic mass is 32.2. The van der Waals surface area contributed by atoms with Gasteiger partial charge in [0.1, 0.15) is 0 Å². The first kappa shape index (κ1) is 24.1. The van der Waals surface area contributed by atoms with Crippen molar-refractivity contribution in [2.45, 2.75) is 29.6 Å². The standard InChI is InChI=1S/C21H25N3O6S2/c1-16(25)17-8-10-19(11-9-17)31(27,28)23(2)15-21(26)22-18-6-5-7-20(14-18)32(29,30)24-12-3-4-13-24/h5-11,14H,3-4,12-13,15H2,1-2H3,(H,22,26). The van der Waals surface area contributed by atoms with E-state index in [0.29, 0.717) is 18.7 Å². The van der Waals surface area contributed by atoms with Crippen molar-refractivity contribution in [1.29, 1.82) is 0 Å². The van der Waals surface area contributed by atoms with Crippen LogP contribution in [0.4, 0.5) is 5.69 Å². The Morgan fingerprint density at radius 3 is 2.19 bits per heavy atom. The molecule has 1 heterocycles. The van der Waals surface area contributed by atoms with Crippen molar-refractivity contribution < 1.29 is 26.4 Å². The SMILES string of the molecule is CC(=O)c1ccc(S(=O)(=O)N(C)CC(=O)Nc2cccc(S(=O)(=O)N3CCCC3)c2)cc1. The van der Waals surface area contributed by atoms with Gasteiger partial charge in [-0.1, -0.05) is 18.2 Å². The first-order chi connectivity index (χ1) is 15.0. The molecule has 1 amide bonds. The molecule has 0 unspecified atom stereocenters. The molecule has 0 saturated carbocycles. The number of nitrogens with one attached hydrogen (secondary N) is 1. The topological polar surface area (TPSA) is 121 Å². The minimum Gasteiger partial charge on any atom is -0.325 e. The molecular formula is C21H25N3O6S2. The van der Waals surface area contributed by atoms with E-state index in [-0.39, 0.29) is 21.3 Å². The van der Waals surface area contributed by atoms with Crippen LogP contribution >= 0.6 is 0 Å². The largest absolute Gasteiger partial charge is 0.325 e. The number of Topliss-reactive ketones (excluding diaryl/α,β-unsaturated/α-hetero) is 1. The van der Waals surface area contributed by atoms with E-state index < -0.39 is 32.5 Å². The summed E-state index contributed by atoms with van der Waals surface area (Å²) in [4.78, 5) is 23.8. The van der Waals surface area contributed by atoms with E-state index in [1.807, 2.05) is 0 Å². The third-order valence-electron chi connectivity index (χ3n) is 5.16. The normalized spacial score (nSPS) is 15.1. The van der Waals surface area contributed by atoms with Crippen LogP contribution < -0.4 is 5.32 Å². The average Bonchev–Trinajstić information content (AvgIpc) is 3.29. The Morgan fingerprint density at radius 1 is 0.969 bits per heavy atom. The Labute approximate surface area is 188 Å². The molecule has 11 heteroatoms. The Morgan fingerprint density at radius 2 is 1.59 bits per heavy atom. The molecule has 3 rings (SSSR count). The van der Waals surface area contributed by atoms with E-state index in [4.69, 9.17) is 0 Å². The zero-order chi connectivity index (χ0) is 23.5. The molecule has 1 saturated heterocycles. The Balaban J connectivity index is 1.69. The molecule has 2 aromatic rings. The van der Waals surface area contributed by atoms with Crippen molar-refractivity contribution in [1.82, 2.24) is 8.61 Å². The van der Waals surface area contributed by atoms with E-state index in [0.717, 1.165) is 17.1 Å². The van der Waals surface area contributed by atoms with Crippen LogP contribution in [0.1, 0.15) is 30.1 Å². The molecule has 1 aliphatic heterocycles. The second-order valence-corrected chi connectivity index (χ2v) is 11.5. The molecule has 172 valence electrons. The molecule has 1 aliphatic rings. The first-order valence-electron chi connectivity index (χ1n) is 9.99. The van der Waals surface area contributed by atoms with Crippen LogP contribution in [0.15, 0.2) is 58.3 Å². The summed E-state index contributed by atoms with van der Waals surface area (Å²) >= 11 is 0. The van der Waals surface area contributed by atoms with Crippen molar-refractivity contribution in [2.24, 2.45) is 0 Å². The van der Waals surface area contributed by atoms with Crippen LogP contribution in [0, 0.1) is 0 Å². The molecule has 0 bridgehead atoms. The van der Waals surface area contributed by atoms with Gasteiger partial charge in [0.25, 0.3) is 0 Å². The third-order valence-corrected chi connectivity index (χ3v) is 8.87. The molecule has 2 aromatic carbocycles. The van der Waals surface area contributed by atoms with Crippen LogP contribution in [-0.2, 0) is 24.8 Å². The van der Waals surface area contributed by atoms with Crippen LogP contribution in [-0.4, -0.2) is 63.8 Å². The molecular weight excluding hydrogens is 454 g/mol. The predicted octanol–water partition coefficient (Wildman–Crippen LogP) is 1.93. The fourth-order valence-electron chi connectivity index (χ4n) is 3.34. The van der Waals surface area contributed by atoms with Crippen LogP contribution in [0.3, 0.4) is 0 Å². The second kappa shape index (κ2) is 9.49. The predicted molar refractivity (Wildman–Crippen MR) is 119 cm³/mol. The number of rotatable bonds is 8. The van der Waals surface area contributed by atoms with Gasteiger partial charge in [0.05, 0.1) is 16.3 Å². The molecule has 0 aliphatic carbocycles. The van der Waals surface area contributed by atoms with Crippen molar-refractivity contribution >= 4 is 37.4 Å². The van der Waals surface area contributed by atoms with Gasteiger partial charge >= 0.3 is 0 Å². The quantitative estimate of drug-likeness (QED) is 0.578. The summed E-state index contributed by atoms with van der Waals surface area (Å²) in [6, 6.07) is 11.3. The number of likely N-dealkylation sites (N-methyl/N-ethyl adjacent to an activating group) is 1. The molecule has 9 nitrogen and oxygen atoms in total. The number of sulfonamides is 2. The van der Waals surface area contributed by atoms with E-state index in [1.165, 1.54) is 66.8 Å². The number of anilines is 1. The van der Waals surface area contributed by atoms with Crippen molar-refractivity contribution in [3.05, 3.63) is 54.1 Å². The summed E-state index contributed by atoms with van der Waals surface area (Å²) in [5, 5.41) is 2.55. The maximum absolute atomic E-state index is 12.7. The average molecular weight is 480 g/mol. The van der Waals surface area contributed by atoms with Gasteiger partial charge in [-0.05, 0) is 50.1 Å². The van der Waals surface area contributed by atoms with Crippen LogP contribution in [0.5, 0.6) is 0 Å². The second-order valence-electron chi connectivity index (χ2n) is 7.53. The lowest BCUT2D eigenvalue weighted by Crippen LogP contribution is -2.35. The molecule has 0 spiro atoms. The Bertz CT molecular complexity index is 1220. The Kier molecular flexibility index (Phi) is 7.13. The number of benzene rings is 2. The molecule has 1 N–H and O–H groups in total. The van der Waals surface area contributed by atoms with Gasteiger partial charge in [0.15, 0.2) is 5.78 Å². The number of hydrogen-bond acceptors (Lipinski definition) is 6. The summed E-state index contributed by atoms with van der Waals surface area (Å²) in [5.41, 5.74) is 0.639. The maximum atomic E-state index is 12.7. The highest BCUT2D eigenvalue weighted by Crippen LogP contribution is 2.23. The summed E-state index contributed by atoms with van der Waals surface area (Å²) in [7, 11) is -6.32. The van der Waals surface area contributed by atoms with Crippen molar-refractivity contribution in [3.63, 3.8) is 0 Å². The fourth-order valence-corrected chi connectivity index (χ4v) is 6.03. The number of amides is 1. The molecule has 0 atom stereocenters. The third kappa shape index (κ3) is 5.23.